The van der Waals surface area contributed by atoms with E-state index < -0.39 is 0 Å². The maximum atomic E-state index is 5.64. The Morgan fingerprint density at radius 2 is 1.93 bits per heavy atom. The van der Waals surface area contributed by atoms with Gasteiger partial charge in [0.05, 0.1) is 30.6 Å². The quantitative estimate of drug-likeness (QED) is 0.580. The van der Waals surface area contributed by atoms with E-state index in [4.69, 9.17) is 9.72 Å². The lowest BCUT2D eigenvalue weighted by Crippen LogP contribution is -2.44. The molecular weight excluding hydrogens is 364 g/mol. The summed E-state index contributed by atoms with van der Waals surface area (Å²) in [6.45, 7) is 8.37. The summed E-state index contributed by atoms with van der Waals surface area (Å²) < 4.78 is 7.72. The molecule has 7 nitrogen and oxygen atoms in total. The fourth-order valence-electron chi connectivity index (χ4n) is 4.13. The number of hydrogen-bond acceptors (Lipinski definition) is 5. The van der Waals surface area contributed by atoms with E-state index in [9.17, 15) is 0 Å². The van der Waals surface area contributed by atoms with Gasteiger partial charge in [-0.2, -0.15) is 0 Å². The lowest BCUT2D eigenvalue weighted by Gasteiger charge is -2.34. The molecule has 0 amide bonds. The molecule has 5 rings (SSSR count). The second-order valence-corrected chi connectivity index (χ2v) is 7.56. The van der Waals surface area contributed by atoms with Crippen LogP contribution in [0.2, 0.25) is 0 Å². The van der Waals surface area contributed by atoms with Gasteiger partial charge in [0, 0.05) is 35.3 Å². The van der Waals surface area contributed by atoms with Crippen molar-refractivity contribution in [2.75, 3.05) is 24.7 Å². The number of nitrogens with zero attached hydrogens (tertiary/aromatic N) is 5. The van der Waals surface area contributed by atoms with Crippen LogP contribution in [0.3, 0.4) is 0 Å². The minimum Gasteiger partial charge on any atom is -0.377 e. The predicted octanol–water partition coefficient (Wildman–Crippen LogP) is 3.65. The highest BCUT2D eigenvalue weighted by atomic mass is 16.5. The van der Waals surface area contributed by atoms with Gasteiger partial charge in [0.15, 0.2) is 0 Å². The molecule has 0 radical (unpaired) electrons. The molecule has 1 atom stereocenters. The average molecular weight is 388 g/mol. The van der Waals surface area contributed by atoms with Crippen molar-refractivity contribution in [2.24, 2.45) is 0 Å². The number of anilines is 1. The number of aromatic amines is 1. The fourth-order valence-corrected chi connectivity index (χ4v) is 4.13. The molecule has 1 fully saturated rings. The zero-order valence-corrected chi connectivity index (χ0v) is 16.9. The molecule has 0 spiro atoms. The number of aromatic nitrogens is 5. The van der Waals surface area contributed by atoms with E-state index in [2.05, 4.69) is 68.0 Å². The molecular formula is C22H24N6O. The molecule has 4 heterocycles. The lowest BCUT2D eigenvalue weighted by atomic mass is 10.1. The molecule has 1 saturated heterocycles. The number of pyridine rings is 1. The number of rotatable bonds is 3. The van der Waals surface area contributed by atoms with Gasteiger partial charge in [0.2, 0.25) is 0 Å². The Hall–Kier alpha value is -3.19. The highest BCUT2D eigenvalue weighted by Crippen LogP contribution is 2.32. The first-order valence-electron chi connectivity index (χ1n) is 9.94. The molecule has 1 aromatic carbocycles. The number of nitrogens with one attached hydrogen (secondary N) is 1. The van der Waals surface area contributed by atoms with Crippen molar-refractivity contribution in [2.45, 2.75) is 26.8 Å². The summed E-state index contributed by atoms with van der Waals surface area (Å²) >= 11 is 0. The van der Waals surface area contributed by atoms with Crippen molar-refractivity contribution in [1.82, 2.24) is 24.7 Å². The van der Waals surface area contributed by atoms with Crippen LogP contribution in [0.1, 0.15) is 18.6 Å². The maximum absolute atomic E-state index is 5.64. The molecule has 0 saturated carbocycles. The smallest absolute Gasteiger partial charge is 0.134 e. The van der Waals surface area contributed by atoms with Gasteiger partial charge in [-0.1, -0.05) is 12.1 Å². The van der Waals surface area contributed by atoms with Gasteiger partial charge in [-0.15, -0.1) is 10.2 Å². The van der Waals surface area contributed by atoms with Crippen LogP contribution in [-0.4, -0.2) is 50.5 Å². The Morgan fingerprint density at radius 1 is 1.10 bits per heavy atom. The van der Waals surface area contributed by atoms with Gasteiger partial charge in [0.25, 0.3) is 0 Å². The number of morpholine rings is 1. The van der Waals surface area contributed by atoms with E-state index in [1.54, 1.807) is 0 Å². The molecule has 0 unspecified atom stereocenters. The van der Waals surface area contributed by atoms with Crippen molar-refractivity contribution in [3.8, 4) is 16.9 Å². The van der Waals surface area contributed by atoms with Crippen molar-refractivity contribution in [3.63, 3.8) is 0 Å². The first kappa shape index (κ1) is 17.9. The third-order valence-corrected chi connectivity index (χ3v) is 5.57. The molecule has 4 aromatic rings. The molecule has 7 heteroatoms. The normalized spacial score (nSPS) is 17.2. The first-order valence-corrected chi connectivity index (χ1v) is 9.94. The topological polar surface area (TPSA) is 71.9 Å². The SMILES string of the molecule is Cc1nnc(C)n1-c1cc(-c2cccc3[nH]ccc23)nc(N2CCOC[C@H]2C)c1. The van der Waals surface area contributed by atoms with Crippen molar-refractivity contribution in [1.29, 1.82) is 0 Å². The van der Waals surface area contributed by atoms with E-state index in [0.717, 1.165) is 51.9 Å². The third-order valence-electron chi connectivity index (χ3n) is 5.57. The Morgan fingerprint density at radius 3 is 2.72 bits per heavy atom. The van der Waals surface area contributed by atoms with Gasteiger partial charge in [0.1, 0.15) is 17.5 Å². The molecule has 1 N–H and O–H groups in total. The van der Waals surface area contributed by atoms with E-state index in [1.165, 1.54) is 0 Å². The third kappa shape index (κ3) is 3.07. The number of fused-ring (bicyclic) bond motifs is 1. The minimum absolute atomic E-state index is 0.269. The van der Waals surface area contributed by atoms with Crippen molar-refractivity contribution < 1.29 is 4.74 Å². The zero-order valence-electron chi connectivity index (χ0n) is 16.9. The van der Waals surface area contributed by atoms with Gasteiger partial charge in [-0.05, 0) is 39.0 Å². The standard InChI is InChI=1S/C22H24N6O/c1-14-13-29-10-9-27(14)22-12-17(28-15(2)25-26-16(28)3)11-21(24-22)18-5-4-6-20-19(18)7-8-23-20/h4-8,11-12,14,23H,9-10,13H2,1-3H3/t14-/m1/s1. The lowest BCUT2D eigenvalue weighted by molar-refractivity contribution is 0.0985. The number of aryl methyl sites for hydroxylation is 2. The van der Waals surface area contributed by atoms with Crippen molar-refractivity contribution in [3.05, 3.63) is 54.2 Å². The first-order chi connectivity index (χ1) is 14.1. The minimum atomic E-state index is 0.269. The summed E-state index contributed by atoms with van der Waals surface area (Å²) in [6.07, 6.45) is 1.97. The summed E-state index contributed by atoms with van der Waals surface area (Å²) in [4.78, 5) is 10.7. The fraction of sp³-hybridized carbons (Fsp3) is 0.318. The summed E-state index contributed by atoms with van der Waals surface area (Å²) in [5.41, 5.74) is 4.17. The van der Waals surface area contributed by atoms with Crippen LogP contribution in [0.15, 0.2) is 42.6 Å². The van der Waals surface area contributed by atoms with Crippen molar-refractivity contribution >= 4 is 16.7 Å². The summed E-state index contributed by atoms with van der Waals surface area (Å²) in [5.74, 6) is 2.68. The number of benzene rings is 1. The number of H-pyrrole nitrogens is 1. The Labute approximate surface area is 169 Å². The van der Waals surface area contributed by atoms with E-state index in [-0.39, 0.29) is 6.04 Å². The molecule has 0 aliphatic carbocycles. The van der Waals surface area contributed by atoms with E-state index in [1.807, 2.05) is 20.0 Å². The van der Waals surface area contributed by atoms with Crippen LogP contribution in [0.5, 0.6) is 0 Å². The van der Waals surface area contributed by atoms with Crippen LogP contribution in [-0.2, 0) is 4.74 Å². The van der Waals surface area contributed by atoms with Crippen LogP contribution < -0.4 is 4.90 Å². The predicted molar refractivity (Wildman–Crippen MR) is 114 cm³/mol. The largest absolute Gasteiger partial charge is 0.377 e. The van der Waals surface area contributed by atoms with Crippen LogP contribution in [0.4, 0.5) is 5.82 Å². The van der Waals surface area contributed by atoms with E-state index >= 15 is 0 Å². The second-order valence-electron chi connectivity index (χ2n) is 7.56. The van der Waals surface area contributed by atoms with Gasteiger partial charge in [-0.25, -0.2) is 4.98 Å². The monoisotopic (exact) mass is 388 g/mol. The Balaban J connectivity index is 1.73. The van der Waals surface area contributed by atoms with Gasteiger partial charge in [-0.3, -0.25) is 4.57 Å². The summed E-state index contributed by atoms with van der Waals surface area (Å²) in [5, 5.41) is 9.66. The zero-order chi connectivity index (χ0) is 20.0. The van der Waals surface area contributed by atoms with Crippen LogP contribution in [0, 0.1) is 13.8 Å². The van der Waals surface area contributed by atoms with Gasteiger partial charge < -0.3 is 14.6 Å². The molecule has 0 bridgehead atoms. The summed E-state index contributed by atoms with van der Waals surface area (Å²) in [7, 11) is 0. The average Bonchev–Trinajstić information content (AvgIpc) is 3.34. The Bertz CT molecular complexity index is 1160. The van der Waals surface area contributed by atoms with E-state index in [0.29, 0.717) is 13.2 Å². The van der Waals surface area contributed by atoms with Crippen LogP contribution >= 0.6 is 0 Å². The molecule has 3 aromatic heterocycles. The maximum Gasteiger partial charge on any atom is 0.134 e. The molecule has 1 aliphatic rings. The number of ether oxygens (including phenoxy) is 1. The highest BCUT2D eigenvalue weighted by molar-refractivity contribution is 5.94. The number of hydrogen-bond donors (Lipinski definition) is 1. The molecule has 148 valence electrons. The summed E-state index contributed by atoms with van der Waals surface area (Å²) in [6, 6.07) is 12.9. The molecule has 29 heavy (non-hydrogen) atoms. The molecule has 1 aliphatic heterocycles. The highest BCUT2D eigenvalue weighted by Gasteiger charge is 2.22. The Kier molecular flexibility index (Phi) is 4.32. The van der Waals surface area contributed by atoms with Gasteiger partial charge >= 0.3 is 0 Å². The second kappa shape index (κ2) is 7.00. The van der Waals surface area contributed by atoms with Crippen LogP contribution in [0.25, 0.3) is 27.8 Å².